The molecule has 0 bridgehead atoms. The van der Waals surface area contributed by atoms with Crippen molar-refractivity contribution in [1.29, 1.82) is 0 Å². The third-order valence-corrected chi connectivity index (χ3v) is 3.44. The van der Waals surface area contributed by atoms with Gasteiger partial charge in [-0.3, -0.25) is 0 Å². The van der Waals surface area contributed by atoms with Gasteiger partial charge in [0, 0.05) is 19.3 Å². The molecule has 0 spiro atoms. The molecule has 0 aliphatic heterocycles. The number of nitrogens with one attached hydrogen (secondary N) is 1. The van der Waals surface area contributed by atoms with Crippen LogP contribution in [0.15, 0.2) is 24.3 Å². The zero-order chi connectivity index (χ0) is 14.1. The monoisotopic (exact) mass is 263 g/mol. The van der Waals surface area contributed by atoms with Crippen LogP contribution in [0.5, 0.6) is 0 Å². The summed E-state index contributed by atoms with van der Waals surface area (Å²) < 4.78 is 5.42. The van der Waals surface area contributed by atoms with Gasteiger partial charge in [-0.15, -0.1) is 0 Å². The van der Waals surface area contributed by atoms with Crippen LogP contribution in [0.4, 0.5) is 0 Å². The molecule has 0 amide bonds. The van der Waals surface area contributed by atoms with E-state index >= 15 is 0 Å². The highest BCUT2D eigenvalue weighted by atomic mass is 16.5. The van der Waals surface area contributed by atoms with Crippen LogP contribution in [-0.4, -0.2) is 19.8 Å². The van der Waals surface area contributed by atoms with Crippen LogP contribution in [0.3, 0.4) is 0 Å². The molecule has 2 nitrogen and oxygen atoms in total. The molecule has 1 aromatic carbocycles. The van der Waals surface area contributed by atoms with Gasteiger partial charge in [-0.05, 0) is 43.4 Å². The standard InChI is InChI=1S/C17H29NO/c1-5-18-17(8-7-13-19-6-2)16-11-9-15(10-12-16)14(3)4/h9-12,14,17-18H,5-8,13H2,1-4H3. The number of rotatable bonds is 9. The largest absolute Gasteiger partial charge is 0.382 e. The first-order valence-electron chi connectivity index (χ1n) is 7.60. The maximum absolute atomic E-state index is 5.42. The molecule has 1 atom stereocenters. The first-order valence-corrected chi connectivity index (χ1v) is 7.60. The van der Waals surface area contributed by atoms with Crippen molar-refractivity contribution in [2.45, 2.75) is 52.5 Å². The Balaban J connectivity index is 2.59. The Bertz CT molecular complexity index is 332. The minimum absolute atomic E-state index is 0.451. The van der Waals surface area contributed by atoms with Gasteiger partial charge in [0.1, 0.15) is 0 Å². The topological polar surface area (TPSA) is 21.3 Å². The molecular formula is C17H29NO. The summed E-state index contributed by atoms with van der Waals surface area (Å²) in [6.07, 6.45) is 2.24. The first kappa shape index (κ1) is 16.2. The molecule has 1 N–H and O–H groups in total. The summed E-state index contributed by atoms with van der Waals surface area (Å²) in [5.74, 6) is 0.601. The van der Waals surface area contributed by atoms with Crippen molar-refractivity contribution in [3.63, 3.8) is 0 Å². The predicted octanol–water partition coefficient (Wildman–Crippen LogP) is 4.28. The molecule has 0 radical (unpaired) electrons. The third-order valence-electron chi connectivity index (χ3n) is 3.44. The zero-order valence-electron chi connectivity index (χ0n) is 12.9. The summed E-state index contributed by atoms with van der Waals surface area (Å²) >= 11 is 0. The Morgan fingerprint density at radius 3 is 2.21 bits per heavy atom. The lowest BCUT2D eigenvalue weighted by Gasteiger charge is -2.19. The van der Waals surface area contributed by atoms with Crippen molar-refractivity contribution in [1.82, 2.24) is 5.32 Å². The molecule has 0 fully saturated rings. The highest BCUT2D eigenvalue weighted by Gasteiger charge is 2.10. The lowest BCUT2D eigenvalue weighted by atomic mass is 9.97. The molecule has 0 saturated carbocycles. The Hall–Kier alpha value is -0.860. The molecule has 0 heterocycles. The van der Waals surface area contributed by atoms with Crippen LogP contribution in [0.2, 0.25) is 0 Å². The molecular weight excluding hydrogens is 234 g/mol. The average Bonchev–Trinajstić information content (AvgIpc) is 2.42. The molecule has 0 aromatic heterocycles. The van der Waals surface area contributed by atoms with Gasteiger partial charge in [0.2, 0.25) is 0 Å². The van der Waals surface area contributed by atoms with Crippen molar-refractivity contribution in [2.24, 2.45) is 0 Å². The summed E-state index contributed by atoms with van der Waals surface area (Å²) in [5.41, 5.74) is 2.80. The molecule has 0 saturated heterocycles. The SMILES string of the molecule is CCNC(CCCOCC)c1ccc(C(C)C)cc1. The van der Waals surface area contributed by atoms with Crippen molar-refractivity contribution in [3.05, 3.63) is 35.4 Å². The van der Waals surface area contributed by atoms with E-state index < -0.39 is 0 Å². The number of benzene rings is 1. The van der Waals surface area contributed by atoms with Crippen molar-refractivity contribution in [2.75, 3.05) is 19.8 Å². The molecule has 2 heteroatoms. The van der Waals surface area contributed by atoms with Gasteiger partial charge >= 0.3 is 0 Å². The van der Waals surface area contributed by atoms with E-state index in [1.54, 1.807) is 0 Å². The summed E-state index contributed by atoms with van der Waals surface area (Å²) in [6.45, 7) is 11.4. The van der Waals surface area contributed by atoms with Gasteiger partial charge in [-0.2, -0.15) is 0 Å². The number of ether oxygens (including phenoxy) is 1. The zero-order valence-corrected chi connectivity index (χ0v) is 12.9. The molecule has 0 aliphatic carbocycles. The van der Waals surface area contributed by atoms with Gasteiger partial charge in [-0.1, -0.05) is 45.0 Å². The van der Waals surface area contributed by atoms with Crippen LogP contribution in [0.1, 0.15) is 63.6 Å². The summed E-state index contributed by atoms with van der Waals surface area (Å²) in [6, 6.07) is 9.50. The molecule has 108 valence electrons. The Labute approximate surface area is 118 Å². The van der Waals surface area contributed by atoms with E-state index in [0.717, 1.165) is 32.6 Å². The van der Waals surface area contributed by atoms with Gasteiger partial charge in [-0.25, -0.2) is 0 Å². The van der Waals surface area contributed by atoms with Gasteiger partial charge < -0.3 is 10.1 Å². The third kappa shape index (κ3) is 5.75. The molecule has 1 rings (SSSR count). The van der Waals surface area contributed by atoms with E-state index in [1.807, 2.05) is 6.92 Å². The van der Waals surface area contributed by atoms with E-state index in [-0.39, 0.29) is 0 Å². The van der Waals surface area contributed by atoms with Crippen molar-refractivity contribution in [3.8, 4) is 0 Å². The van der Waals surface area contributed by atoms with E-state index in [1.165, 1.54) is 11.1 Å². The second-order valence-electron chi connectivity index (χ2n) is 5.27. The van der Waals surface area contributed by atoms with Gasteiger partial charge in [0.25, 0.3) is 0 Å². The minimum atomic E-state index is 0.451. The van der Waals surface area contributed by atoms with Crippen LogP contribution >= 0.6 is 0 Å². The summed E-state index contributed by atoms with van der Waals surface area (Å²) in [5, 5.41) is 3.57. The molecule has 1 unspecified atom stereocenters. The lowest BCUT2D eigenvalue weighted by Crippen LogP contribution is -2.21. The first-order chi connectivity index (χ1) is 9.19. The van der Waals surface area contributed by atoms with E-state index in [4.69, 9.17) is 4.74 Å². The fourth-order valence-electron chi connectivity index (χ4n) is 2.28. The average molecular weight is 263 g/mol. The fourth-order valence-corrected chi connectivity index (χ4v) is 2.28. The minimum Gasteiger partial charge on any atom is -0.382 e. The van der Waals surface area contributed by atoms with Crippen molar-refractivity contribution < 1.29 is 4.74 Å². The van der Waals surface area contributed by atoms with E-state index in [0.29, 0.717) is 12.0 Å². The van der Waals surface area contributed by atoms with Crippen LogP contribution in [-0.2, 0) is 4.74 Å². The van der Waals surface area contributed by atoms with Gasteiger partial charge in [0.15, 0.2) is 0 Å². The highest BCUT2D eigenvalue weighted by Crippen LogP contribution is 2.21. The van der Waals surface area contributed by atoms with Crippen LogP contribution in [0, 0.1) is 0 Å². The molecule has 19 heavy (non-hydrogen) atoms. The lowest BCUT2D eigenvalue weighted by molar-refractivity contribution is 0.141. The van der Waals surface area contributed by atoms with Gasteiger partial charge in [0.05, 0.1) is 0 Å². The molecule has 0 aliphatic rings. The highest BCUT2D eigenvalue weighted by molar-refractivity contribution is 5.26. The van der Waals surface area contributed by atoms with Crippen LogP contribution < -0.4 is 5.32 Å². The Morgan fingerprint density at radius 2 is 1.68 bits per heavy atom. The summed E-state index contributed by atoms with van der Waals surface area (Å²) in [7, 11) is 0. The fraction of sp³-hybridized carbons (Fsp3) is 0.647. The smallest absolute Gasteiger partial charge is 0.0466 e. The molecule has 1 aromatic rings. The normalized spacial score (nSPS) is 12.9. The Morgan fingerprint density at radius 1 is 1.05 bits per heavy atom. The number of hydrogen-bond donors (Lipinski definition) is 1. The van der Waals surface area contributed by atoms with E-state index in [9.17, 15) is 0 Å². The summed E-state index contributed by atoms with van der Waals surface area (Å²) in [4.78, 5) is 0. The maximum Gasteiger partial charge on any atom is 0.0466 e. The van der Waals surface area contributed by atoms with E-state index in [2.05, 4.69) is 50.4 Å². The second kappa shape index (κ2) is 9.11. The Kier molecular flexibility index (Phi) is 7.76. The van der Waals surface area contributed by atoms with Crippen molar-refractivity contribution >= 4 is 0 Å². The predicted molar refractivity (Wildman–Crippen MR) is 82.7 cm³/mol. The number of hydrogen-bond acceptors (Lipinski definition) is 2. The second-order valence-corrected chi connectivity index (χ2v) is 5.27. The maximum atomic E-state index is 5.42. The van der Waals surface area contributed by atoms with Crippen LogP contribution in [0.25, 0.3) is 0 Å². The quantitative estimate of drug-likeness (QED) is 0.672.